The summed E-state index contributed by atoms with van der Waals surface area (Å²) >= 11 is 1.59. The molecule has 0 spiro atoms. The first kappa shape index (κ1) is 15.0. The lowest BCUT2D eigenvalue weighted by atomic mass is 10.1. The summed E-state index contributed by atoms with van der Waals surface area (Å²) in [5, 5.41) is 5.32. The predicted molar refractivity (Wildman–Crippen MR) is 102 cm³/mol. The first-order valence-electron chi connectivity index (χ1n) is 8.18. The van der Waals surface area contributed by atoms with Gasteiger partial charge in [-0.1, -0.05) is 30.3 Å². The lowest BCUT2D eigenvalue weighted by Gasteiger charge is -1.99. The first-order chi connectivity index (χ1) is 12.8. The molecule has 0 atom stereocenters. The Morgan fingerprint density at radius 1 is 1.00 bits per heavy atom. The van der Waals surface area contributed by atoms with Gasteiger partial charge >= 0.3 is 0 Å². The summed E-state index contributed by atoms with van der Waals surface area (Å²) in [5.74, 6) is 0.812. The van der Waals surface area contributed by atoms with Crippen LogP contribution in [0.3, 0.4) is 0 Å². The van der Waals surface area contributed by atoms with Crippen molar-refractivity contribution < 1.29 is 0 Å². The number of imidazole rings is 2. The van der Waals surface area contributed by atoms with Gasteiger partial charge in [-0.15, -0.1) is 11.3 Å². The van der Waals surface area contributed by atoms with Crippen molar-refractivity contribution in [1.29, 1.82) is 0 Å². The molecule has 0 aliphatic rings. The summed E-state index contributed by atoms with van der Waals surface area (Å²) in [6.07, 6.45) is 5.34. The Morgan fingerprint density at radius 2 is 1.88 bits per heavy atom. The lowest BCUT2D eigenvalue weighted by molar-refractivity contribution is 0.940. The number of rotatable bonds is 3. The zero-order valence-corrected chi connectivity index (χ0v) is 14.7. The minimum Gasteiger partial charge on any atom is -0.344 e. The monoisotopic (exact) mass is 358 g/mol. The second-order valence-corrected chi connectivity index (χ2v) is 6.84. The van der Waals surface area contributed by atoms with Crippen LogP contribution in [-0.2, 0) is 0 Å². The van der Waals surface area contributed by atoms with Crippen LogP contribution in [0.5, 0.6) is 0 Å². The molecule has 0 fully saturated rings. The SMILES string of the molecule is Cc1nc2cccnn2c1-c1nc(-c2ccccc2)c(-c2ncc[nH]2)s1. The number of aromatic nitrogens is 6. The fraction of sp³-hybridized carbons (Fsp3) is 0.0526. The molecular formula is C19H14N6S. The van der Waals surface area contributed by atoms with E-state index in [4.69, 9.17) is 4.98 Å². The Kier molecular flexibility index (Phi) is 3.39. The van der Waals surface area contributed by atoms with Crippen molar-refractivity contribution in [3.8, 4) is 32.7 Å². The van der Waals surface area contributed by atoms with E-state index < -0.39 is 0 Å². The number of benzene rings is 1. The van der Waals surface area contributed by atoms with Gasteiger partial charge in [-0.25, -0.2) is 19.5 Å². The Balaban J connectivity index is 1.77. The van der Waals surface area contributed by atoms with Gasteiger partial charge in [0.25, 0.3) is 0 Å². The number of nitrogens with one attached hydrogen (secondary N) is 1. The molecule has 0 aliphatic carbocycles. The third-order valence-electron chi connectivity index (χ3n) is 4.16. The molecule has 6 nitrogen and oxygen atoms in total. The van der Waals surface area contributed by atoms with Gasteiger partial charge in [0.05, 0.1) is 16.3 Å². The standard InChI is InChI=1S/C19H14N6S/c1-12-16(25-14(23-12)8-5-9-22-25)19-24-15(13-6-3-2-4-7-13)17(26-19)18-20-10-11-21-18/h2-11H,1H3,(H,20,21). The van der Waals surface area contributed by atoms with Crippen LogP contribution in [0.1, 0.15) is 5.69 Å². The van der Waals surface area contributed by atoms with E-state index in [0.29, 0.717) is 0 Å². The summed E-state index contributed by atoms with van der Waals surface area (Å²) in [6.45, 7) is 1.99. The highest BCUT2D eigenvalue weighted by atomic mass is 32.1. The smallest absolute Gasteiger partial charge is 0.154 e. The number of aryl methyl sites for hydroxylation is 1. The summed E-state index contributed by atoms with van der Waals surface area (Å²) in [6, 6.07) is 14.0. The molecule has 5 rings (SSSR count). The maximum atomic E-state index is 4.95. The second-order valence-electron chi connectivity index (χ2n) is 5.84. The Morgan fingerprint density at radius 3 is 2.69 bits per heavy atom. The average Bonchev–Trinajstić information content (AvgIpc) is 3.39. The van der Waals surface area contributed by atoms with Crippen LogP contribution in [0.15, 0.2) is 61.1 Å². The van der Waals surface area contributed by atoms with Gasteiger partial charge in [0.2, 0.25) is 0 Å². The van der Waals surface area contributed by atoms with Crippen LogP contribution in [-0.4, -0.2) is 29.5 Å². The van der Waals surface area contributed by atoms with E-state index >= 15 is 0 Å². The van der Waals surface area contributed by atoms with Crippen molar-refractivity contribution in [3.05, 3.63) is 66.7 Å². The highest BCUT2D eigenvalue weighted by Crippen LogP contribution is 2.39. The molecule has 0 saturated heterocycles. The van der Waals surface area contributed by atoms with Crippen LogP contribution >= 0.6 is 11.3 Å². The quantitative estimate of drug-likeness (QED) is 0.524. The number of hydrogen-bond acceptors (Lipinski definition) is 5. The molecule has 0 aliphatic heterocycles. The summed E-state index contributed by atoms with van der Waals surface area (Å²) in [7, 11) is 0. The number of H-pyrrole nitrogens is 1. The van der Waals surface area contributed by atoms with E-state index in [9.17, 15) is 0 Å². The van der Waals surface area contributed by atoms with Gasteiger partial charge in [0.1, 0.15) is 16.5 Å². The number of thiazole rings is 1. The number of fused-ring (bicyclic) bond motifs is 1. The fourth-order valence-electron chi connectivity index (χ4n) is 3.01. The summed E-state index contributed by atoms with van der Waals surface area (Å²) < 4.78 is 1.84. The van der Waals surface area contributed by atoms with Gasteiger partial charge in [0, 0.05) is 24.2 Å². The summed E-state index contributed by atoms with van der Waals surface area (Å²) in [5.41, 5.74) is 4.60. The van der Waals surface area contributed by atoms with Crippen LogP contribution in [0.2, 0.25) is 0 Å². The van der Waals surface area contributed by atoms with E-state index in [0.717, 1.165) is 44.0 Å². The minimum atomic E-state index is 0.812. The zero-order valence-electron chi connectivity index (χ0n) is 13.9. The molecule has 0 radical (unpaired) electrons. The average molecular weight is 358 g/mol. The highest BCUT2D eigenvalue weighted by Gasteiger charge is 2.21. The third-order valence-corrected chi connectivity index (χ3v) is 5.23. The van der Waals surface area contributed by atoms with Crippen molar-refractivity contribution in [2.75, 3.05) is 0 Å². The van der Waals surface area contributed by atoms with Crippen LogP contribution in [0.4, 0.5) is 0 Å². The summed E-state index contributed by atoms with van der Waals surface area (Å²) in [4.78, 5) is 18.2. The van der Waals surface area contributed by atoms with Gasteiger partial charge in [-0.05, 0) is 19.1 Å². The van der Waals surface area contributed by atoms with Gasteiger partial charge in [-0.3, -0.25) is 0 Å². The van der Waals surface area contributed by atoms with Crippen molar-refractivity contribution in [2.45, 2.75) is 6.92 Å². The van der Waals surface area contributed by atoms with E-state index in [1.807, 2.05) is 48.0 Å². The maximum Gasteiger partial charge on any atom is 0.154 e. The largest absolute Gasteiger partial charge is 0.344 e. The van der Waals surface area contributed by atoms with Crippen LogP contribution < -0.4 is 0 Å². The normalized spacial score (nSPS) is 11.3. The molecule has 0 saturated carbocycles. The highest BCUT2D eigenvalue weighted by molar-refractivity contribution is 7.18. The van der Waals surface area contributed by atoms with Crippen molar-refractivity contribution in [3.63, 3.8) is 0 Å². The van der Waals surface area contributed by atoms with E-state index in [1.165, 1.54) is 0 Å². The van der Waals surface area contributed by atoms with Gasteiger partial charge < -0.3 is 4.98 Å². The van der Waals surface area contributed by atoms with Crippen molar-refractivity contribution in [1.82, 2.24) is 29.5 Å². The van der Waals surface area contributed by atoms with Crippen LogP contribution in [0, 0.1) is 6.92 Å². The molecule has 26 heavy (non-hydrogen) atoms. The van der Waals surface area contributed by atoms with Gasteiger partial charge in [0.15, 0.2) is 5.65 Å². The zero-order chi connectivity index (χ0) is 17.5. The number of nitrogens with zero attached hydrogens (tertiary/aromatic N) is 5. The Hall–Kier alpha value is -3.32. The Labute approximate surface area is 153 Å². The molecule has 0 bridgehead atoms. The molecule has 7 heteroatoms. The molecule has 1 aromatic carbocycles. The van der Waals surface area contributed by atoms with E-state index in [2.05, 4.69) is 32.2 Å². The topological polar surface area (TPSA) is 71.8 Å². The molecule has 4 heterocycles. The molecule has 0 amide bonds. The predicted octanol–water partition coefficient (Wildman–Crippen LogP) is 4.22. The Bertz CT molecular complexity index is 1190. The molecule has 5 aromatic rings. The number of aromatic amines is 1. The number of hydrogen-bond donors (Lipinski definition) is 1. The molecule has 4 aromatic heterocycles. The third kappa shape index (κ3) is 2.33. The molecule has 0 unspecified atom stereocenters. The molecular weight excluding hydrogens is 344 g/mol. The fourth-order valence-corrected chi connectivity index (χ4v) is 4.14. The lowest BCUT2D eigenvalue weighted by Crippen LogP contribution is -1.93. The first-order valence-corrected chi connectivity index (χ1v) is 8.99. The van der Waals surface area contributed by atoms with Gasteiger partial charge in [-0.2, -0.15) is 5.10 Å². The van der Waals surface area contributed by atoms with Crippen molar-refractivity contribution in [2.24, 2.45) is 0 Å². The molecule has 1 N–H and O–H groups in total. The van der Waals surface area contributed by atoms with E-state index in [-0.39, 0.29) is 0 Å². The maximum absolute atomic E-state index is 4.95. The second kappa shape index (κ2) is 5.89. The van der Waals surface area contributed by atoms with Crippen molar-refractivity contribution >= 4 is 17.0 Å². The van der Waals surface area contributed by atoms with E-state index in [1.54, 1.807) is 23.7 Å². The minimum absolute atomic E-state index is 0.812. The molecule has 126 valence electrons. The van der Waals surface area contributed by atoms with Crippen LogP contribution in [0.25, 0.3) is 38.3 Å².